The molecule has 0 atom stereocenters. The number of carbonyl (C=O) groups is 1. The van der Waals surface area contributed by atoms with Crippen LogP contribution in [-0.2, 0) is 11.2 Å². The van der Waals surface area contributed by atoms with Crippen molar-refractivity contribution in [1.82, 2.24) is 4.98 Å². The lowest BCUT2D eigenvalue weighted by Crippen LogP contribution is -2.17. The molecule has 0 aliphatic heterocycles. The van der Waals surface area contributed by atoms with Crippen molar-refractivity contribution in [2.45, 2.75) is 6.42 Å². The fourth-order valence-corrected chi connectivity index (χ4v) is 3.15. The van der Waals surface area contributed by atoms with Crippen LogP contribution in [0.2, 0.25) is 10.0 Å². The lowest BCUT2D eigenvalue weighted by atomic mass is 10.1. The third kappa shape index (κ3) is 5.03. The average molecular weight is 424 g/mol. The van der Waals surface area contributed by atoms with Gasteiger partial charge in [0.05, 0.1) is 15.7 Å². The Morgan fingerprint density at radius 3 is 2.59 bits per heavy atom. The SMILES string of the molecule is O=C(O)/C(Cc1ccc(F)cc1)=N/Nc1nc(-c2ccc(Cl)c(Cl)c2)cs1. The second-order valence-electron chi connectivity index (χ2n) is 5.45. The minimum atomic E-state index is -1.17. The van der Waals surface area contributed by atoms with Crippen LogP contribution in [0.1, 0.15) is 5.56 Å². The van der Waals surface area contributed by atoms with Gasteiger partial charge in [-0.3, -0.25) is 5.43 Å². The Morgan fingerprint density at radius 2 is 1.93 bits per heavy atom. The summed E-state index contributed by atoms with van der Waals surface area (Å²) in [6.07, 6.45) is 0.0492. The number of aromatic nitrogens is 1. The van der Waals surface area contributed by atoms with Gasteiger partial charge in [-0.1, -0.05) is 41.4 Å². The first kappa shape index (κ1) is 19.3. The summed E-state index contributed by atoms with van der Waals surface area (Å²) in [5.74, 6) is -1.56. The molecule has 3 rings (SSSR count). The van der Waals surface area contributed by atoms with E-state index >= 15 is 0 Å². The van der Waals surface area contributed by atoms with Gasteiger partial charge in [0.15, 0.2) is 0 Å². The third-order valence-electron chi connectivity index (χ3n) is 3.54. The molecule has 0 unspecified atom stereocenters. The van der Waals surface area contributed by atoms with Crippen molar-refractivity contribution in [3.63, 3.8) is 0 Å². The first-order valence-electron chi connectivity index (χ1n) is 7.63. The zero-order valence-electron chi connectivity index (χ0n) is 13.6. The summed E-state index contributed by atoms with van der Waals surface area (Å²) in [6, 6.07) is 10.7. The Morgan fingerprint density at radius 1 is 1.19 bits per heavy atom. The Hall–Kier alpha value is -2.48. The predicted molar refractivity (Wildman–Crippen MR) is 106 cm³/mol. The summed E-state index contributed by atoms with van der Waals surface area (Å²) in [5, 5.41) is 16.3. The molecule has 0 aliphatic rings. The van der Waals surface area contributed by atoms with Gasteiger partial charge < -0.3 is 5.11 Å². The van der Waals surface area contributed by atoms with Crippen molar-refractivity contribution < 1.29 is 14.3 Å². The number of carboxylic acid groups (broad SMARTS) is 1. The van der Waals surface area contributed by atoms with Gasteiger partial charge in [0, 0.05) is 17.4 Å². The third-order valence-corrected chi connectivity index (χ3v) is 5.02. The first-order valence-corrected chi connectivity index (χ1v) is 9.27. The van der Waals surface area contributed by atoms with E-state index in [1.807, 2.05) is 0 Å². The molecule has 0 aliphatic carbocycles. The number of aliphatic carboxylic acids is 1. The Bertz CT molecular complexity index is 1010. The number of rotatable bonds is 6. The summed E-state index contributed by atoms with van der Waals surface area (Å²) >= 11 is 13.2. The van der Waals surface area contributed by atoms with E-state index < -0.39 is 5.97 Å². The fourth-order valence-electron chi connectivity index (χ4n) is 2.19. The van der Waals surface area contributed by atoms with E-state index in [-0.39, 0.29) is 17.9 Å². The molecule has 0 amide bonds. The van der Waals surface area contributed by atoms with Crippen LogP contribution in [0.25, 0.3) is 11.3 Å². The van der Waals surface area contributed by atoms with Crippen LogP contribution in [0, 0.1) is 5.82 Å². The first-order chi connectivity index (χ1) is 12.9. The average Bonchev–Trinajstić information content (AvgIpc) is 3.11. The van der Waals surface area contributed by atoms with E-state index in [1.165, 1.54) is 35.6 Å². The van der Waals surface area contributed by atoms with Crippen molar-refractivity contribution in [2.24, 2.45) is 5.10 Å². The van der Waals surface area contributed by atoms with Crippen LogP contribution in [0.4, 0.5) is 9.52 Å². The smallest absolute Gasteiger partial charge is 0.352 e. The van der Waals surface area contributed by atoms with E-state index in [0.29, 0.717) is 26.4 Å². The molecule has 3 aromatic rings. The molecule has 0 bridgehead atoms. The normalized spacial score (nSPS) is 11.4. The molecule has 27 heavy (non-hydrogen) atoms. The molecule has 1 aromatic heterocycles. The van der Waals surface area contributed by atoms with Gasteiger partial charge in [0.2, 0.25) is 5.13 Å². The Labute approximate surface area is 168 Å². The summed E-state index contributed by atoms with van der Waals surface area (Å²) in [4.78, 5) is 15.8. The molecule has 2 aromatic carbocycles. The minimum absolute atomic E-state index is 0.0492. The standard InChI is InChI=1S/C18H12Cl2FN3O2S/c19-13-6-3-11(8-14(13)20)16-9-27-18(22-16)24-23-15(17(25)26)7-10-1-4-12(21)5-2-10/h1-6,8-9H,7H2,(H,22,24)(H,25,26)/b23-15+. The van der Waals surface area contributed by atoms with Crippen LogP contribution < -0.4 is 5.43 Å². The number of hydrazone groups is 1. The molecule has 0 saturated heterocycles. The molecule has 0 spiro atoms. The summed E-state index contributed by atoms with van der Waals surface area (Å²) in [7, 11) is 0. The highest BCUT2D eigenvalue weighted by Crippen LogP contribution is 2.30. The largest absolute Gasteiger partial charge is 0.477 e. The van der Waals surface area contributed by atoms with Crippen molar-refractivity contribution >= 4 is 51.4 Å². The Balaban J connectivity index is 1.75. The number of thiazole rings is 1. The quantitative estimate of drug-likeness (QED) is 0.413. The van der Waals surface area contributed by atoms with Gasteiger partial charge in [0.1, 0.15) is 11.5 Å². The fraction of sp³-hybridized carbons (Fsp3) is 0.0556. The summed E-state index contributed by atoms with van der Waals surface area (Å²) in [6.45, 7) is 0. The van der Waals surface area contributed by atoms with E-state index in [4.69, 9.17) is 23.2 Å². The van der Waals surface area contributed by atoms with Crippen molar-refractivity contribution in [2.75, 3.05) is 5.43 Å². The molecule has 1 heterocycles. The number of hydrogen-bond acceptors (Lipinski definition) is 5. The monoisotopic (exact) mass is 423 g/mol. The van der Waals surface area contributed by atoms with E-state index in [9.17, 15) is 14.3 Å². The number of benzene rings is 2. The van der Waals surface area contributed by atoms with Crippen LogP contribution in [0.15, 0.2) is 52.9 Å². The number of nitrogens with zero attached hydrogens (tertiary/aromatic N) is 2. The van der Waals surface area contributed by atoms with Crippen LogP contribution >= 0.6 is 34.5 Å². The number of hydrogen-bond donors (Lipinski definition) is 2. The number of anilines is 1. The maximum absolute atomic E-state index is 13.0. The van der Waals surface area contributed by atoms with Crippen LogP contribution in [0.3, 0.4) is 0 Å². The molecule has 0 saturated carbocycles. The molecule has 0 radical (unpaired) electrons. The second kappa shape index (κ2) is 8.47. The summed E-state index contributed by atoms with van der Waals surface area (Å²) in [5.41, 5.74) is 4.61. The topological polar surface area (TPSA) is 74.6 Å². The predicted octanol–water partition coefficient (Wildman–Crippen LogP) is 5.35. The molecule has 5 nitrogen and oxygen atoms in total. The van der Waals surface area contributed by atoms with Gasteiger partial charge >= 0.3 is 5.97 Å². The lowest BCUT2D eigenvalue weighted by molar-refractivity contribution is -0.129. The molecule has 138 valence electrons. The number of carboxylic acids is 1. The highest BCUT2D eigenvalue weighted by molar-refractivity contribution is 7.14. The molecular weight excluding hydrogens is 412 g/mol. The van der Waals surface area contributed by atoms with Crippen molar-refractivity contribution in [3.8, 4) is 11.3 Å². The highest BCUT2D eigenvalue weighted by atomic mass is 35.5. The molecule has 0 fully saturated rings. The highest BCUT2D eigenvalue weighted by Gasteiger charge is 2.12. The zero-order chi connectivity index (χ0) is 19.4. The molecule has 9 heteroatoms. The maximum Gasteiger partial charge on any atom is 0.352 e. The van der Waals surface area contributed by atoms with Gasteiger partial charge in [-0.05, 0) is 29.8 Å². The Kier molecular flexibility index (Phi) is 6.05. The van der Waals surface area contributed by atoms with Crippen molar-refractivity contribution in [3.05, 3.63) is 69.3 Å². The van der Waals surface area contributed by atoms with E-state index in [0.717, 1.165) is 5.56 Å². The van der Waals surface area contributed by atoms with Gasteiger partial charge in [-0.25, -0.2) is 14.2 Å². The maximum atomic E-state index is 13.0. The lowest BCUT2D eigenvalue weighted by Gasteiger charge is -2.03. The zero-order valence-corrected chi connectivity index (χ0v) is 15.9. The van der Waals surface area contributed by atoms with E-state index in [1.54, 1.807) is 23.6 Å². The number of halogens is 3. The van der Waals surface area contributed by atoms with Gasteiger partial charge in [-0.15, -0.1) is 11.3 Å². The van der Waals surface area contributed by atoms with E-state index in [2.05, 4.69) is 15.5 Å². The van der Waals surface area contributed by atoms with Crippen LogP contribution in [0.5, 0.6) is 0 Å². The minimum Gasteiger partial charge on any atom is -0.477 e. The van der Waals surface area contributed by atoms with Crippen LogP contribution in [-0.4, -0.2) is 21.8 Å². The van der Waals surface area contributed by atoms with Crippen molar-refractivity contribution in [1.29, 1.82) is 0 Å². The second-order valence-corrected chi connectivity index (χ2v) is 7.12. The number of nitrogens with one attached hydrogen (secondary N) is 1. The molecular formula is C18H12Cl2FN3O2S. The van der Waals surface area contributed by atoms with Gasteiger partial charge in [0.25, 0.3) is 0 Å². The van der Waals surface area contributed by atoms with Gasteiger partial charge in [-0.2, -0.15) is 5.10 Å². The molecule has 2 N–H and O–H groups in total. The summed E-state index contributed by atoms with van der Waals surface area (Å²) < 4.78 is 13.0.